The molecule has 0 aliphatic carbocycles. The highest BCUT2D eigenvalue weighted by molar-refractivity contribution is 5.44. The number of rotatable bonds is 1. The third kappa shape index (κ3) is 1.39. The molecule has 0 spiro atoms. The Morgan fingerprint density at radius 1 is 1.62 bits per heavy atom. The number of fused-ring (bicyclic) bond motifs is 1. The zero-order chi connectivity index (χ0) is 9.42. The summed E-state index contributed by atoms with van der Waals surface area (Å²) in [5, 5.41) is 9.22. The van der Waals surface area contributed by atoms with E-state index in [-0.39, 0.29) is 11.9 Å². The van der Waals surface area contributed by atoms with Gasteiger partial charge in [0, 0.05) is 12.5 Å². The smallest absolute Gasteiger partial charge is 0.127 e. The van der Waals surface area contributed by atoms with Gasteiger partial charge in [0.1, 0.15) is 17.6 Å². The van der Waals surface area contributed by atoms with Gasteiger partial charge in [-0.05, 0) is 24.1 Å². The van der Waals surface area contributed by atoms with Crippen LogP contribution in [0, 0.1) is 0 Å². The normalized spacial score (nSPS) is 19.3. The van der Waals surface area contributed by atoms with Crippen molar-refractivity contribution in [1.82, 2.24) is 0 Å². The molecule has 1 aromatic rings. The van der Waals surface area contributed by atoms with E-state index in [1.165, 1.54) is 0 Å². The topological polar surface area (TPSA) is 29.5 Å². The Morgan fingerprint density at radius 3 is 3.08 bits per heavy atom. The summed E-state index contributed by atoms with van der Waals surface area (Å²) in [6, 6.07) is 5.23. The highest BCUT2D eigenvalue weighted by Gasteiger charge is 2.23. The summed E-state index contributed by atoms with van der Waals surface area (Å²) < 4.78 is 5.59. The van der Waals surface area contributed by atoms with Gasteiger partial charge < -0.3 is 9.84 Å². The maximum absolute atomic E-state index is 9.22. The zero-order valence-electron chi connectivity index (χ0n) is 7.58. The maximum atomic E-state index is 9.22. The van der Waals surface area contributed by atoms with Crippen LogP contribution in [0.5, 0.6) is 11.5 Å². The van der Waals surface area contributed by atoms with Crippen LogP contribution in [0.3, 0.4) is 0 Å². The van der Waals surface area contributed by atoms with Gasteiger partial charge in [0.05, 0.1) is 0 Å². The van der Waals surface area contributed by atoms with Gasteiger partial charge >= 0.3 is 0 Å². The van der Waals surface area contributed by atoms with Crippen molar-refractivity contribution in [1.29, 1.82) is 0 Å². The molecule has 1 aliphatic rings. The molecule has 1 atom stereocenters. The fraction of sp³-hybridized carbons (Fsp3) is 0.273. The molecule has 0 radical (unpaired) electrons. The quantitative estimate of drug-likeness (QED) is 0.665. The van der Waals surface area contributed by atoms with Gasteiger partial charge in [-0.25, -0.2) is 0 Å². The minimum atomic E-state index is 0.0804. The second-order valence-electron chi connectivity index (χ2n) is 3.45. The average molecular weight is 176 g/mol. The van der Waals surface area contributed by atoms with Gasteiger partial charge in [0.15, 0.2) is 0 Å². The van der Waals surface area contributed by atoms with Crippen LogP contribution in [0.15, 0.2) is 30.4 Å². The molecule has 0 saturated carbocycles. The second-order valence-corrected chi connectivity index (χ2v) is 3.45. The van der Waals surface area contributed by atoms with Crippen LogP contribution in [0.25, 0.3) is 0 Å². The molecule has 0 aromatic heterocycles. The number of phenolic OH excluding ortho intramolecular Hbond substituents is 1. The van der Waals surface area contributed by atoms with E-state index in [2.05, 4.69) is 6.58 Å². The first kappa shape index (κ1) is 8.17. The van der Waals surface area contributed by atoms with Crippen molar-refractivity contribution in [3.63, 3.8) is 0 Å². The molecule has 1 N–H and O–H groups in total. The van der Waals surface area contributed by atoms with Crippen molar-refractivity contribution < 1.29 is 9.84 Å². The summed E-state index contributed by atoms with van der Waals surface area (Å²) in [6.07, 6.45) is 0.946. The summed E-state index contributed by atoms with van der Waals surface area (Å²) in [5.41, 5.74) is 2.17. The van der Waals surface area contributed by atoms with Crippen molar-refractivity contribution in [2.24, 2.45) is 0 Å². The minimum Gasteiger partial charge on any atom is -0.508 e. The molecule has 0 saturated heterocycles. The summed E-state index contributed by atoms with van der Waals surface area (Å²) in [7, 11) is 0. The lowest BCUT2D eigenvalue weighted by Crippen LogP contribution is -2.13. The predicted octanol–water partition coefficient (Wildman–Crippen LogP) is 2.27. The molecule has 1 unspecified atom stereocenters. The Morgan fingerprint density at radius 2 is 2.38 bits per heavy atom. The first-order valence-electron chi connectivity index (χ1n) is 4.31. The fourth-order valence-electron chi connectivity index (χ4n) is 1.49. The highest BCUT2D eigenvalue weighted by Crippen LogP contribution is 2.33. The molecular weight excluding hydrogens is 164 g/mol. The summed E-state index contributed by atoms with van der Waals surface area (Å²) in [5.74, 6) is 1.04. The molecule has 2 heteroatoms. The van der Waals surface area contributed by atoms with E-state index < -0.39 is 0 Å². The lowest BCUT2D eigenvalue weighted by molar-refractivity contribution is 0.270. The van der Waals surface area contributed by atoms with E-state index in [9.17, 15) is 5.11 Å². The van der Waals surface area contributed by atoms with Gasteiger partial charge in [-0.15, -0.1) is 0 Å². The summed E-state index contributed by atoms with van der Waals surface area (Å²) in [6.45, 7) is 5.81. The number of hydrogen-bond acceptors (Lipinski definition) is 2. The number of aromatic hydroxyl groups is 1. The maximum Gasteiger partial charge on any atom is 0.127 e. The van der Waals surface area contributed by atoms with E-state index in [4.69, 9.17) is 4.74 Å². The van der Waals surface area contributed by atoms with Gasteiger partial charge in [0.2, 0.25) is 0 Å². The SMILES string of the molecule is C=C(C)C1Cc2ccc(O)cc2O1. The molecule has 2 rings (SSSR count). The Labute approximate surface area is 77.5 Å². The molecule has 1 aliphatic heterocycles. The molecule has 1 aromatic carbocycles. The number of ether oxygens (including phenoxy) is 1. The van der Waals surface area contributed by atoms with Crippen molar-refractivity contribution >= 4 is 0 Å². The summed E-state index contributed by atoms with van der Waals surface area (Å²) >= 11 is 0. The lowest BCUT2D eigenvalue weighted by atomic mass is 10.1. The van der Waals surface area contributed by atoms with Crippen LogP contribution in [-0.4, -0.2) is 11.2 Å². The van der Waals surface area contributed by atoms with Crippen LogP contribution in [-0.2, 0) is 6.42 Å². The molecule has 2 nitrogen and oxygen atoms in total. The third-order valence-electron chi connectivity index (χ3n) is 2.27. The molecular formula is C11H12O2. The standard InChI is InChI=1S/C11H12O2/c1-7(2)10-5-8-3-4-9(12)6-11(8)13-10/h3-4,6,10,12H,1,5H2,2H3. The van der Waals surface area contributed by atoms with Crippen molar-refractivity contribution in [2.45, 2.75) is 19.4 Å². The van der Waals surface area contributed by atoms with Crippen molar-refractivity contribution in [2.75, 3.05) is 0 Å². The number of hydrogen-bond donors (Lipinski definition) is 1. The largest absolute Gasteiger partial charge is 0.508 e. The Kier molecular flexibility index (Phi) is 1.76. The lowest BCUT2D eigenvalue weighted by Gasteiger charge is -2.08. The Bertz CT molecular complexity index is 355. The van der Waals surface area contributed by atoms with Crippen LogP contribution < -0.4 is 4.74 Å². The molecule has 1 heterocycles. The second kappa shape index (κ2) is 2.80. The van der Waals surface area contributed by atoms with E-state index in [0.717, 1.165) is 23.3 Å². The number of benzene rings is 1. The van der Waals surface area contributed by atoms with E-state index in [0.29, 0.717) is 0 Å². The fourth-order valence-corrected chi connectivity index (χ4v) is 1.49. The van der Waals surface area contributed by atoms with Crippen molar-refractivity contribution in [3.8, 4) is 11.5 Å². The zero-order valence-corrected chi connectivity index (χ0v) is 7.58. The molecule has 0 amide bonds. The summed E-state index contributed by atoms with van der Waals surface area (Å²) in [4.78, 5) is 0. The third-order valence-corrected chi connectivity index (χ3v) is 2.27. The molecule has 0 bridgehead atoms. The van der Waals surface area contributed by atoms with E-state index in [1.807, 2.05) is 13.0 Å². The average Bonchev–Trinajstić information content (AvgIpc) is 2.46. The van der Waals surface area contributed by atoms with Crippen LogP contribution >= 0.6 is 0 Å². The first-order chi connectivity index (χ1) is 6.16. The van der Waals surface area contributed by atoms with Crippen LogP contribution in [0.4, 0.5) is 0 Å². The highest BCUT2D eigenvalue weighted by atomic mass is 16.5. The van der Waals surface area contributed by atoms with E-state index in [1.54, 1.807) is 12.1 Å². The van der Waals surface area contributed by atoms with Gasteiger partial charge in [-0.3, -0.25) is 0 Å². The number of phenols is 1. The van der Waals surface area contributed by atoms with Gasteiger partial charge in [-0.1, -0.05) is 12.6 Å². The predicted molar refractivity (Wildman–Crippen MR) is 51.0 cm³/mol. The molecule has 13 heavy (non-hydrogen) atoms. The Hall–Kier alpha value is -1.44. The van der Waals surface area contributed by atoms with Crippen LogP contribution in [0.2, 0.25) is 0 Å². The van der Waals surface area contributed by atoms with Gasteiger partial charge in [-0.2, -0.15) is 0 Å². The van der Waals surface area contributed by atoms with Crippen LogP contribution in [0.1, 0.15) is 12.5 Å². The van der Waals surface area contributed by atoms with E-state index >= 15 is 0 Å². The Balaban J connectivity index is 2.30. The monoisotopic (exact) mass is 176 g/mol. The minimum absolute atomic E-state index is 0.0804. The molecule has 68 valence electrons. The molecule has 0 fully saturated rings. The van der Waals surface area contributed by atoms with Crippen molar-refractivity contribution in [3.05, 3.63) is 35.9 Å². The van der Waals surface area contributed by atoms with Gasteiger partial charge in [0.25, 0.3) is 0 Å². The first-order valence-corrected chi connectivity index (χ1v) is 4.31.